The van der Waals surface area contributed by atoms with Crippen LogP contribution in [0.5, 0.6) is 0 Å². The van der Waals surface area contributed by atoms with E-state index in [1.807, 2.05) is 37.3 Å². The maximum Gasteiger partial charge on any atom is 0.250 e. The van der Waals surface area contributed by atoms with Gasteiger partial charge in [-0.15, -0.1) is 0 Å². The molecule has 0 aliphatic carbocycles. The lowest BCUT2D eigenvalue weighted by atomic mass is 9.89. The lowest BCUT2D eigenvalue weighted by Crippen LogP contribution is -2.39. The molecule has 0 saturated carbocycles. The van der Waals surface area contributed by atoms with Crippen molar-refractivity contribution < 1.29 is 9.59 Å². The molecule has 1 aromatic carbocycles. The van der Waals surface area contributed by atoms with Crippen LogP contribution in [0, 0.1) is 6.92 Å². The van der Waals surface area contributed by atoms with Crippen molar-refractivity contribution in [3.8, 4) is 0 Å². The molecule has 1 aromatic heterocycles. The first kappa shape index (κ1) is 17.9. The minimum atomic E-state index is -0.462. The van der Waals surface area contributed by atoms with Crippen molar-refractivity contribution >= 4 is 17.5 Å². The molecule has 6 heteroatoms. The Hall–Kier alpha value is -2.89. The average Bonchev–Trinajstić information content (AvgIpc) is 2.63. The van der Waals surface area contributed by atoms with Crippen molar-refractivity contribution in [2.75, 3.05) is 18.5 Å². The highest BCUT2D eigenvalue weighted by molar-refractivity contribution is 6.02. The first-order chi connectivity index (χ1) is 12.5. The fraction of sp³-hybridized carbons (Fsp3) is 0.350. The summed E-state index contributed by atoms with van der Waals surface area (Å²) in [6, 6.07) is 12.7. The van der Waals surface area contributed by atoms with Crippen molar-refractivity contribution in [2.45, 2.75) is 32.2 Å². The Morgan fingerprint density at radius 3 is 2.69 bits per heavy atom. The van der Waals surface area contributed by atoms with Gasteiger partial charge < -0.3 is 14.8 Å². The molecule has 0 unspecified atom stereocenters. The summed E-state index contributed by atoms with van der Waals surface area (Å²) in [6.45, 7) is 2.90. The van der Waals surface area contributed by atoms with E-state index in [0.29, 0.717) is 19.5 Å². The van der Waals surface area contributed by atoms with Crippen LogP contribution in [0.15, 0.2) is 47.3 Å². The maximum atomic E-state index is 12.6. The van der Waals surface area contributed by atoms with Gasteiger partial charge in [-0.25, -0.2) is 0 Å². The Bertz CT molecular complexity index is 888. The molecule has 0 spiro atoms. The predicted octanol–water partition coefficient (Wildman–Crippen LogP) is 1.81. The van der Waals surface area contributed by atoms with Gasteiger partial charge in [0.1, 0.15) is 0 Å². The average molecular weight is 353 g/mol. The van der Waals surface area contributed by atoms with Crippen LogP contribution in [0.3, 0.4) is 0 Å². The quantitative estimate of drug-likeness (QED) is 0.834. The van der Waals surface area contributed by atoms with Crippen molar-refractivity contribution in [1.29, 1.82) is 0 Å². The lowest BCUT2D eigenvalue weighted by Gasteiger charge is -2.30. The fourth-order valence-electron chi connectivity index (χ4n) is 3.36. The molecule has 136 valence electrons. The molecule has 0 radical (unpaired) electrons. The van der Waals surface area contributed by atoms with E-state index in [4.69, 9.17) is 0 Å². The van der Waals surface area contributed by atoms with Gasteiger partial charge >= 0.3 is 0 Å². The maximum absolute atomic E-state index is 12.6. The number of para-hydroxylation sites is 1. The molecule has 26 heavy (non-hydrogen) atoms. The Labute approximate surface area is 152 Å². The minimum absolute atomic E-state index is 0.0360. The number of anilines is 1. The van der Waals surface area contributed by atoms with E-state index in [1.165, 1.54) is 6.07 Å². The third-order valence-corrected chi connectivity index (χ3v) is 4.87. The van der Waals surface area contributed by atoms with Gasteiger partial charge in [-0.1, -0.05) is 24.3 Å². The van der Waals surface area contributed by atoms with Gasteiger partial charge in [0.15, 0.2) is 0 Å². The summed E-state index contributed by atoms with van der Waals surface area (Å²) in [4.78, 5) is 38.2. The normalized spacial score (nSPS) is 16.3. The van der Waals surface area contributed by atoms with Crippen LogP contribution < -0.4 is 15.8 Å². The fourth-order valence-corrected chi connectivity index (χ4v) is 3.36. The van der Waals surface area contributed by atoms with Crippen LogP contribution >= 0.6 is 0 Å². The van der Waals surface area contributed by atoms with Crippen molar-refractivity contribution in [3.05, 3.63) is 64.1 Å². The molecule has 0 fully saturated rings. The second kappa shape index (κ2) is 7.56. The van der Waals surface area contributed by atoms with Gasteiger partial charge in [-0.3, -0.25) is 14.4 Å². The first-order valence-corrected chi connectivity index (χ1v) is 8.78. The van der Waals surface area contributed by atoms with E-state index >= 15 is 0 Å². The van der Waals surface area contributed by atoms with Crippen molar-refractivity contribution in [1.82, 2.24) is 9.88 Å². The number of benzene rings is 1. The number of carbonyl (C=O) groups is 2. The van der Waals surface area contributed by atoms with Crippen LogP contribution in [0.25, 0.3) is 0 Å². The predicted molar refractivity (Wildman–Crippen MR) is 100 cm³/mol. The van der Waals surface area contributed by atoms with E-state index < -0.39 is 5.92 Å². The summed E-state index contributed by atoms with van der Waals surface area (Å²) >= 11 is 0. The zero-order valence-electron chi connectivity index (χ0n) is 15.1. The molecule has 0 bridgehead atoms. The molecule has 1 aliphatic rings. The highest BCUT2D eigenvalue weighted by atomic mass is 16.2. The van der Waals surface area contributed by atoms with Crippen LogP contribution in [-0.2, 0) is 16.1 Å². The molecule has 2 amide bonds. The standard InChI is InChI=1S/C20H23N3O3/c1-14-7-5-10-18(24)23(14)12-6-11-21-20(26)16-13-19(25)22(2)17-9-4-3-8-15(16)17/h3-5,7-10,16H,6,11-13H2,1-2H3,(H,21,26)/t16-/m1/s1. The highest BCUT2D eigenvalue weighted by Crippen LogP contribution is 2.34. The molecular formula is C20H23N3O3. The zero-order valence-corrected chi connectivity index (χ0v) is 15.1. The number of pyridine rings is 1. The molecule has 3 rings (SSSR count). The number of nitrogens with one attached hydrogen (secondary N) is 1. The summed E-state index contributed by atoms with van der Waals surface area (Å²) in [5, 5.41) is 2.91. The van der Waals surface area contributed by atoms with E-state index in [2.05, 4.69) is 5.32 Å². The lowest BCUT2D eigenvalue weighted by molar-refractivity contribution is -0.127. The first-order valence-electron chi connectivity index (χ1n) is 8.78. The van der Waals surface area contributed by atoms with Crippen LogP contribution in [0.4, 0.5) is 5.69 Å². The van der Waals surface area contributed by atoms with E-state index in [9.17, 15) is 14.4 Å². The Balaban J connectivity index is 1.61. The molecule has 1 N–H and O–H groups in total. The number of aryl methyl sites for hydroxylation is 1. The second-order valence-corrected chi connectivity index (χ2v) is 6.57. The largest absolute Gasteiger partial charge is 0.355 e. The van der Waals surface area contributed by atoms with Crippen LogP contribution in [0.2, 0.25) is 0 Å². The van der Waals surface area contributed by atoms with Gasteiger partial charge in [-0.05, 0) is 31.0 Å². The molecule has 2 heterocycles. The van der Waals surface area contributed by atoms with Gasteiger partial charge in [0, 0.05) is 44.0 Å². The number of amides is 2. The van der Waals surface area contributed by atoms with Gasteiger partial charge in [0.2, 0.25) is 11.8 Å². The van der Waals surface area contributed by atoms with E-state index in [1.54, 1.807) is 22.6 Å². The number of aromatic nitrogens is 1. The summed E-state index contributed by atoms with van der Waals surface area (Å²) in [6.07, 6.45) is 0.829. The van der Waals surface area contributed by atoms with Crippen molar-refractivity contribution in [3.63, 3.8) is 0 Å². The third-order valence-electron chi connectivity index (χ3n) is 4.87. The Morgan fingerprint density at radius 2 is 1.92 bits per heavy atom. The number of rotatable bonds is 5. The Morgan fingerprint density at radius 1 is 1.15 bits per heavy atom. The van der Waals surface area contributed by atoms with Gasteiger partial charge in [-0.2, -0.15) is 0 Å². The molecule has 0 saturated heterocycles. The topological polar surface area (TPSA) is 71.4 Å². The summed E-state index contributed by atoms with van der Waals surface area (Å²) < 4.78 is 1.69. The smallest absolute Gasteiger partial charge is 0.250 e. The Kier molecular flexibility index (Phi) is 5.21. The summed E-state index contributed by atoms with van der Waals surface area (Å²) in [7, 11) is 1.73. The summed E-state index contributed by atoms with van der Waals surface area (Å²) in [5.41, 5.74) is 2.53. The zero-order chi connectivity index (χ0) is 18.7. The third kappa shape index (κ3) is 3.54. The second-order valence-electron chi connectivity index (χ2n) is 6.57. The van der Waals surface area contributed by atoms with Gasteiger partial charge in [0.25, 0.3) is 5.56 Å². The highest BCUT2D eigenvalue weighted by Gasteiger charge is 2.33. The van der Waals surface area contributed by atoms with Crippen molar-refractivity contribution in [2.24, 2.45) is 0 Å². The van der Waals surface area contributed by atoms with Crippen LogP contribution in [0.1, 0.15) is 30.0 Å². The number of nitrogens with zero attached hydrogens (tertiary/aromatic N) is 2. The van der Waals surface area contributed by atoms with E-state index in [0.717, 1.165) is 16.9 Å². The molecule has 1 aliphatic heterocycles. The molecule has 1 atom stereocenters. The molecule has 6 nitrogen and oxygen atoms in total. The number of carbonyl (C=O) groups excluding carboxylic acids is 2. The molecular weight excluding hydrogens is 330 g/mol. The number of hydrogen-bond donors (Lipinski definition) is 1. The minimum Gasteiger partial charge on any atom is -0.355 e. The molecule has 2 aromatic rings. The van der Waals surface area contributed by atoms with Crippen LogP contribution in [-0.4, -0.2) is 30.0 Å². The number of fused-ring (bicyclic) bond motifs is 1. The van der Waals surface area contributed by atoms with Gasteiger partial charge in [0.05, 0.1) is 5.92 Å². The SMILES string of the molecule is Cc1cccc(=O)n1CCCNC(=O)[C@@H]1CC(=O)N(C)c2ccccc21. The monoisotopic (exact) mass is 353 g/mol. The number of hydrogen-bond acceptors (Lipinski definition) is 3. The summed E-state index contributed by atoms with van der Waals surface area (Å²) in [5.74, 6) is -0.664. The van der Waals surface area contributed by atoms with E-state index in [-0.39, 0.29) is 23.8 Å².